The normalized spacial score (nSPS) is 11.8. The van der Waals surface area contributed by atoms with E-state index < -0.39 is 16.9 Å². The Bertz CT molecular complexity index is 386. The molecule has 0 aliphatic rings. The van der Waals surface area contributed by atoms with Crippen LogP contribution in [-0.2, 0) is 19.1 Å². The molecule has 0 saturated heterocycles. The van der Waals surface area contributed by atoms with Crippen molar-refractivity contribution in [2.24, 2.45) is 0 Å². The third-order valence-corrected chi connectivity index (χ3v) is 4.31. The van der Waals surface area contributed by atoms with Crippen LogP contribution < -0.4 is 0 Å². The van der Waals surface area contributed by atoms with E-state index in [9.17, 15) is 19.7 Å². The largest absolute Gasteiger partial charge is 0.469 e. The molecular weight excluding hydrogens is 326 g/mol. The van der Waals surface area contributed by atoms with Gasteiger partial charge in [0.05, 0.1) is 14.2 Å². The number of carbonyl (C=O) groups excluding carboxylic acids is 2. The van der Waals surface area contributed by atoms with Crippen molar-refractivity contribution in [1.29, 1.82) is 0 Å². The first-order chi connectivity index (χ1) is 12.0. The SMILES string of the molecule is COC(=O)CCCCCCCCCCCCCC(C(=O)OC)[N+](=O)[O-]. The zero-order valence-electron chi connectivity index (χ0n) is 15.7. The summed E-state index contributed by atoms with van der Waals surface area (Å²) in [6.45, 7) is 0. The van der Waals surface area contributed by atoms with Gasteiger partial charge in [-0.15, -0.1) is 0 Å². The zero-order valence-corrected chi connectivity index (χ0v) is 15.7. The Balaban J connectivity index is 3.37. The van der Waals surface area contributed by atoms with Crippen molar-refractivity contribution in [2.45, 2.75) is 89.5 Å². The summed E-state index contributed by atoms with van der Waals surface area (Å²) < 4.78 is 9.04. The van der Waals surface area contributed by atoms with Gasteiger partial charge in [-0.3, -0.25) is 14.9 Å². The summed E-state index contributed by atoms with van der Waals surface area (Å²) in [6, 6.07) is -1.22. The van der Waals surface area contributed by atoms with Gasteiger partial charge in [-0.2, -0.15) is 0 Å². The van der Waals surface area contributed by atoms with Crippen LogP contribution in [-0.4, -0.2) is 37.1 Å². The van der Waals surface area contributed by atoms with Gasteiger partial charge in [-0.1, -0.05) is 57.8 Å². The molecule has 7 heteroatoms. The van der Waals surface area contributed by atoms with Gasteiger partial charge >= 0.3 is 18.0 Å². The van der Waals surface area contributed by atoms with Crippen molar-refractivity contribution >= 4 is 11.9 Å². The lowest BCUT2D eigenvalue weighted by molar-refractivity contribution is -0.511. The Labute approximate surface area is 150 Å². The van der Waals surface area contributed by atoms with E-state index in [2.05, 4.69) is 9.47 Å². The molecular formula is C18H33NO6. The van der Waals surface area contributed by atoms with E-state index in [1.54, 1.807) is 0 Å². The third kappa shape index (κ3) is 13.3. The Morgan fingerprint density at radius 2 is 1.24 bits per heavy atom. The van der Waals surface area contributed by atoms with Crippen LogP contribution in [0.25, 0.3) is 0 Å². The van der Waals surface area contributed by atoms with Crippen molar-refractivity contribution in [3.63, 3.8) is 0 Å². The van der Waals surface area contributed by atoms with Gasteiger partial charge in [0.2, 0.25) is 0 Å². The summed E-state index contributed by atoms with van der Waals surface area (Å²) in [5.74, 6) is -0.882. The molecule has 0 aromatic carbocycles. The van der Waals surface area contributed by atoms with Crippen LogP contribution in [0.1, 0.15) is 83.5 Å². The van der Waals surface area contributed by atoms with E-state index in [4.69, 9.17) is 0 Å². The first-order valence-electron chi connectivity index (χ1n) is 9.31. The minimum Gasteiger partial charge on any atom is -0.469 e. The van der Waals surface area contributed by atoms with E-state index in [1.165, 1.54) is 39.9 Å². The van der Waals surface area contributed by atoms with Crippen molar-refractivity contribution in [1.82, 2.24) is 0 Å². The Morgan fingerprint density at radius 1 is 0.800 bits per heavy atom. The van der Waals surface area contributed by atoms with Crippen LogP contribution in [0, 0.1) is 10.1 Å². The summed E-state index contributed by atoms with van der Waals surface area (Å²) in [7, 11) is 2.60. The van der Waals surface area contributed by atoms with Gasteiger partial charge in [0.1, 0.15) is 0 Å². The molecule has 0 fully saturated rings. The van der Waals surface area contributed by atoms with E-state index in [1.807, 2.05) is 0 Å². The molecule has 0 amide bonds. The molecule has 146 valence electrons. The number of hydrogen-bond donors (Lipinski definition) is 0. The molecule has 0 heterocycles. The second-order valence-corrected chi connectivity index (χ2v) is 6.33. The first kappa shape index (κ1) is 23.3. The average molecular weight is 359 g/mol. The van der Waals surface area contributed by atoms with Crippen LogP contribution in [0.4, 0.5) is 0 Å². The topological polar surface area (TPSA) is 95.7 Å². The third-order valence-electron chi connectivity index (χ3n) is 4.31. The lowest BCUT2D eigenvalue weighted by Gasteiger charge is -2.07. The maximum Gasteiger partial charge on any atom is 0.381 e. The Morgan fingerprint density at radius 3 is 1.64 bits per heavy atom. The molecule has 0 saturated carbocycles. The van der Waals surface area contributed by atoms with Crippen molar-refractivity contribution in [3.05, 3.63) is 10.1 Å². The highest BCUT2D eigenvalue weighted by atomic mass is 16.6. The van der Waals surface area contributed by atoms with Gasteiger partial charge in [-0.25, -0.2) is 4.79 Å². The summed E-state index contributed by atoms with van der Waals surface area (Å²) in [6.07, 6.45) is 12.5. The van der Waals surface area contributed by atoms with E-state index >= 15 is 0 Å². The standard InChI is InChI=1S/C18H33NO6/c1-24-17(20)15-13-11-9-7-5-3-4-6-8-10-12-14-16(19(22)23)18(21)25-2/h16H,3-15H2,1-2H3. The predicted octanol–water partition coefficient (Wildman–Crippen LogP) is 4.05. The fourth-order valence-corrected chi connectivity index (χ4v) is 2.75. The molecule has 0 aliphatic heterocycles. The summed E-state index contributed by atoms with van der Waals surface area (Å²) in [5, 5.41) is 10.8. The predicted molar refractivity (Wildman–Crippen MR) is 94.8 cm³/mol. The number of nitro groups is 1. The first-order valence-corrected chi connectivity index (χ1v) is 9.31. The fraction of sp³-hybridized carbons (Fsp3) is 0.889. The second kappa shape index (κ2) is 15.8. The molecule has 7 nitrogen and oxygen atoms in total. The monoisotopic (exact) mass is 359 g/mol. The highest BCUT2D eigenvalue weighted by molar-refractivity contribution is 5.74. The Hall–Kier alpha value is -1.66. The summed E-state index contributed by atoms with van der Waals surface area (Å²) in [5.41, 5.74) is 0. The molecule has 0 radical (unpaired) electrons. The Kier molecular flexibility index (Phi) is 14.8. The van der Waals surface area contributed by atoms with Crippen LogP contribution in [0.15, 0.2) is 0 Å². The van der Waals surface area contributed by atoms with Gasteiger partial charge in [0.25, 0.3) is 0 Å². The van der Waals surface area contributed by atoms with Crippen molar-refractivity contribution in [2.75, 3.05) is 14.2 Å². The molecule has 0 bridgehead atoms. The quantitative estimate of drug-likeness (QED) is 0.178. The molecule has 25 heavy (non-hydrogen) atoms. The number of ether oxygens (including phenoxy) is 2. The number of carbonyl (C=O) groups is 2. The smallest absolute Gasteiger partial charge is 0.381 e. The number of nitrogens with zero attached hydrogens (tertiary/aromatic N) is 1. The van der Waals surface area contributed by atoms with Crippen molar-refractivity contribution < 1.29 is 24.0 Å². The molecule has 0 N–H and O–H groups in total. The molecule has 0 rings (SSSR count). The number of rotatable bonds is 16. The molecule has 1 unspecified atom stereocenters. The minimum atomic E-state index is -1.22. The molecule has 0 aromatic heterocycles. The van der Waals surface area contributed by atoms with Gasteiger partial charge in [0.15, 0.2) is 0 Å². The number of esters is 2. The summed E-state index contributed by atoms with van der Waals surface area (Å²) in [4.78, 5) is 32.4. The molecule has 0 aromatic rings. The highest BCUT2D eigenvalue weighted by Crippen LogP contribution is 2.14. The molecule has 0 aliphatic carbocycles. The van der Waals surface area contributed by atoms with Crippen molar-refractivity contribution in [3.8, 4) is 0 Å². The average Bonchev–Trinajstić information content (AvgIpc) is 2.60. The minimum absolute atomic E-state index is 0.129. The van der Waals surface area contributed by atoms with E-state index in [0.717, 1.165) is 38.5 Å². The zero-order chi connectivity index (χ0) is 18.9. The number of methoxy groups -OCH3 is 2. The fourth-order valence-electron chi connectivity index (χ4n) is 2.75. The molecule has 0 spiro atoms. The van der Waals surface area contributed by atoms with Crippen LogP contribution in [0.3, 0.4) is 0 Å². The van der Waals surface area contributed by atoms with E-state index in [-0.39, 0.29) is 12.4 Å². The van der Waals surface area contributed by atoms with Crippen LogP contribution in [0.5, 0.6) is 0 Å². The highest BCUT2D eigenvalue weighted by Gasteiger charge is 2.29. The number of hydrogen-bond acceptors (Lipinski definition) is 6. The molecule has 1 atom stereocenters. The number of unbranched alkanes of at least 4 members (excludes halogenated alkanes) is 10. The second-order valence-electron chi connectivity index (χ2n) is 6.33. The summed E-state index contributed by atoms with van der Waals surface area (Å²) >= 11 is 0. The van der Waals surface area contributed by atoms with Crippen LogP contribution in [0.2, 0.25) is 0 Å². The van der Waals surface area contributed by atoms with Gasteiger partial charge < -0.3 is 9.47 Å². The lowest BCUT2D eigenvalue weighted by atomic mass is 10.0. The maximum absolute atomic E-state index is 11.2. The maximum atomic E-state index is 11.2. The van der Waals surface area contributed by atoms with Gasteiger partial charge in [0, 0.05) is 17.8 Å². The van der Waals surface area contributed by atoms with Crippen LogP contribution >= 0.6 is 0 Å². The van der Waals surface area contributed by atoms with Gasteiger partial charge in [-0.05, 0) is 12.8 Å². The van der Waals surface area contributed by atoms with E-state index in [0.29, 0.717) is 12.8 Å². The lowest BCUT2D eigenvalue weighted by Crippen LogP contribution is -2.30.